The van der Waals surface area contributed by atoms with Gasteiger partial charge in [-0.1, -0.05) is 30.0 Å². The predicted molar refractivity (Wildman–Crippen MR) is 137 cm³/mol. The number of hydrogen-bond donors (Lipinski definition) is 3. The van der Waals surface area contributed by atoms with E-state index in [1.54, 1.807) is 31.3 Å². The van der Waals surface area contributed by atoms with Crippen molar-refractivity contribution in [3.63, 3.8) is 0 Å². The second-order valence-electron chi connectivity index (χ2n) is 9.29. The lowest BCUT2D eigenvalue weighted by molar-refractivity contribution is -0.274. The average Bonchev–Trinajstić information content (AvgIpc) is 3.54. The standard InChI is InChI=1S/C29H23F3N2O5/c1-28(16-35,14-20-15-33-23-5-3-2-4-21(20)23)34-27(36)22-12-18(8-10-24(22)39-29(30,31)32)6-7-19-9-11-25-26(13-19)38-17-37-25/h2-5,8-13,15,33,35H,14,16-17H2,1H3,(H,34,36). The molecule has 1 amide bonds. The van der Waals surface area contributed by atoms with E-state index < -0.39 is 30.2 Å². The average molecular weight is 537 g/mol. The van der Waals surface area contributed by atoms with Crippen molar-refractivity contribution >= 4 is 16.8 Å². The summed E-state index contributed by atoms with van der Waals surface area (Å²) in [5, 5.41) is 13.8. The normalized spacial score (nSPS) is 13.9. The molecule has 1 aromatic heterocycles. The lowest BCUT2D eigenvalue weighted by Crippen LogP contribution is -2.50. The topological polar surface area (TPSA) is 92.8 Å². The molecule has 0 saturated carbocycles. The molecule has 2 heterocycles. The number of rotatable bonds is 6. The lowest BCUT2D eigenvalue weighted by Gasteiger charge is -2.29. The van der Waals surface area contributed by atoms with Crippen molar-refractivity contribution in [2.75, 3.05) is 13.4 Å². The Labute approximate surface area is 221 Å². The number of H-pyrrole nitrogens is 1. The number of alkyl halides is 3. The van der Waals surface area contributed by atoms with Gasteiger partial charge < -0.3 is 29.6 Å². The molecule has 1 unspecified atom stereocenters. The first-order valence-electron chi connectivity index (χ1n) is 11.9. The number of aliphatic hydroxyl groups is 1. The van der Waals surface area contributed by atoms with Crippen molar-refractivity contribution < 1.29 is 37.3 Å². The predicted octanol–water partition coefficient (Wildman–Crippen LogP) is 4.92. The summed E-state index contributed by atoms with van der Waals surface area (Å²) in [6.07, 6.45) is -3.02. The Balaban J connectivity index is 1.43. The first kappa shape index (κ1) is 26.0. The van der Waals surface area contributed by atoms with Crippen molar-refractivity contribution in [1.29, 1.82) is 0 Å². The quantitative estimate of drug-likeness (QED) is 0.305. The van der Waals surface area contributed by atoms with E-state index in [0.717, 1.165) is 22.5 Å². The van der Waals surface area contributed by atoms with Crippen LogP contribution in [-0.2, 0) is 6.42 Å². The van der Waals surface area contributed by atoms with Crippen LogP contribution in [0.4, 0.5) is 13.2 Å². The van der Waals surface area contributed by atoms with Gasteiger partial charge in [0, 0.05) is 28.2 Å². The lowest BCUT2D eigenvalue weighted by atomic mass is 9.92. The van der Waals surface area contributed by atoms with Crippen LogP contribution in [0.15, 0.2) is 66.9 Å². The Morgan fingerprint density at radius 3 is 2.54 bits per heavy atom. The minimum absolute atomic E-state index is 0.110. The molecule has 0 aliphatic carbocycles. The summed E-state index contributed by atoms with van der Waals surface area (Å²) >= 11 is 0. The number of aliphatic hydroxyl groups excluding tert-OH is 1. The molecule has 0 spiro atoms. The highest BCUT2D eigenvalue weighted by Gasteiger charge is 2.34. The summed E-state index contributed by atoms with van der Waals surface area (Å²) in [6, 6.07) is 16.2. The minimum Gasteiger partial charge on any atom is -0.454 e. The van der Waals surface area contributed by atoms with Crippen LogP contribution in [0.5, 0.6) is 17.2 Å². The number of nitrogens with one attached hydrogen (secondary N) is 2. The maximum absolute atomic E-state index is 13.3. The van der Waals surface area contributed by atoms with E-state index in [-0.39, 0.29) is 24.3 Å². The van der Waals surface area contributed by atoms with Crippen molar-refractivity contribution in [2.45, 2.75) is 25.2 Å². The van der Waals surface area contributed by atoms with Crippen LogP contribution < -0.4 is 19.5 Å². The number of benzene rings is 3. The van der Waals surface area contributed by atoms with Crippen molar-refractivity contribution in [2.24, 2.45) is 0 Å². The summed E-state index contributed by atoms with van der Waals surface area (Å²) in [4.78, 5) is 16.5. The third-order valence-electron chi connectivity index (χ3n) is 6.19. The molecule has 1 aliphatic heterocycles. The molecule has 10 heteroatoms. The van der Waals surface area contributed by atoms with Crippen molar-refractivity contribution in [3.05, 3.63) is 89.1 Å². The zero-order valence-electron chi connectivity index (χ0n) is 20.7. The summed E-state index contributed by atoms with van der Waals surface area (Å²) in [5.74, 6) is 5.36. The van der Waals surface area contributed by atoms with E-state index >= 15 is 0 Å². The molecule has 4 aromatic rings. The molecule has 7 nitrogen and oxygen atoms in total. The third-order valence-corrected chi connectivity index (χ3v) is 6.19. The Hall–Kier alpha value is -4.62. The fraction of sp³-hybridized carbons (Fsp3) is 0.207. The fourth-order valence-electron chi connectivity index (χ4n) is 4.30. The largest absolute Gasteiger partial charge is 0.573 e. The molecule has 1 aliphatic rings. The molecule has 0 fully saturated rings. The molecule has 1 atom stereocenters. The van der Waals surface area contributed by atoms with Gasteiger partial charge in [0.05, 0.1) is 17.7 Å². The van der Waals surface area contributed by atoms with E-state index in [2.05, 4.69) is 26.9 Å². The third kappa shape index (κ3) is 5.94. The second-order valence-corrected chi connectivity index (χ2v) is 9.29. The molecule has 0 saturated heterocycles. The summed E-state index contributed by atoms with van der Waals surface area (Å²) in [7, 11) is 0. The molecule has 39 heavy (non-hydrogen) atoms. The van der Waals surface area contributed by atoms with Crippen LogP contribution in [0.1, 0.15) is 34.0 Å². The molecular weight excluding hydrogens is 513 g/mol. The van der Waals surface area contributed by atoms with E-state index in [1.807, 2.05) is 24.3 Å². The summed E-state index contributed by atoms with van der Waals surface area (Å²) in [6.45, 7) is 1.26. The van der Waals surface area contributed by atoms with Gasteiger partial charge in [0.2, 0.25) is 6.79 Å². The van der Waals surface area contributed by atoms with Gasteiger partial charge in [-0.05, 0) is 61.4 Å². The Morgan fingerprint density at radius 1 is 1.05 bits per heavy atom. The highest BCUT2D eigenvalue weighted by molar-refractivity contribution is 5.98. The number of hydrogen-bond acceptors (Lipinski definition) is 5. The number of carbonyl (C=O) groups is 1. The van der Waals surface area contributed by atoms with Gasteiger partial charge >= 0.3 is 6.36 Å². The highest BCUT2D eigenvalue weighted by Crippen LogP contribution is 2.32. The van der Waals surface area contributed by atoms with Gasteiger partial charge in [0.15, 0.2) is 11.5 Å². The number of halogens is 3. The molecule has 200 valence electrons. The zero-order chi connectivity index (χ0) is 27.6. The van der Waals surface area contributed by atoms with E-state index in [4.69, 9.17) is 9.47 Å². The van der Waals surface area contributed by atoms with Crippen molar-refractivity contribution in [1.82, 2.24) is 10.3 Å². The van der Waals surface area contributed by atoms with Crippen LogP contribution in [0.3, 0.4) is 0 Å². The van der Waals surface area contributed by atoms with Gasteiger partial charge in [-0.3, -0.25) is 4.79 Å². The van der Waals surface area contributed by atoms with Crippen LogP contribution in [0.2, 0.25) is 0 Å². The Bertz CT molecular complexity index is 1600. The number of aromatic amines is 1. The number of amides is 1. The highest BCUT2D eigenvalue weighted by atomic mass is 19.4. The maximum atomic E-state index is 13.3. The van der Waals surface area contributed by atoms with Gasteiger partial charge in [0.25, 0.3) is 5.91 Å². The second kappa shape index (κ2) is 10.3. The number of para-hydroxylation sites is 1. The van der Waals surface area contributed by atoms with Crippen molar-refractivity contribution in [3.8, 4) is 29.1 Å². The molecule has 5 rings (SSSR count). The number of fused-ring (bicyclic) bond motifs is 2. The molecule has 3 N–H and O–H groups in total. The molecule has 0 radical (unpaired) electrons. The van der Waals surface area contributed by atoms with Crippen LogP contribution >= 0.6 is 0 Å². The van der Waals surface area contributed by atoms with Gasteiger partial charge in [0.1, 0.15) is 5.75 Å². The van der Waals surface area contributed by atoms with Crippen LogP contribution in [-0.4, -0.2) is 41.3 Å². The smallest absolute Gasteiger partial charge is 0.454 e. The zero-order valence-corrected chi connectivity index (χ0v) is 20.7. The van der Waals surface area contributed by atoms with Gasteiger partial charge in [-0.25, -0.2) is 0 Å². The monoisotopic (exact) mass is 536 g/mol. The molecule has 0 bridgehead atoms. The first-order chi connectivity index (χ1) is 18.6. The van der Waals surface area contributed by atoms with Gasteiger partial charge in [-0.15, -0.1) is 13.2 Å². The summed E-state index contributed by atoms with van der Waals surface area (Å²) < 4.78 is 54.1. The van der Waals surface area contributed by atoms with Crippen LogP contribution in [0, 0.1) is 11.8 Å². The van der Waals surface area contributed by atoms with E-state index in [9.17, 15) is 23.1 Å². The Kier molecular flexibility index (Phi) is 6.85. The number of aromatic nitrogens is 1. The first-order valence-corrected chi connectivity index (χ1v) is 11.9. The molecule has 3 aromatic carbocycles. The number of ether oxygens (including phenoxy) is 3. The van der Waals surface area contributed by atoms with Gasteiger partial charge in [-0.2, -0.15) is 0 Å². The fourth-order valence-corrected chi connectivity index (χ4v) is 4.30. The van der Waals surface area contributed by atoms with Crippen LogP contribution in [0.25, 0.3) is 10.9 Å². The van der Waals surface area contributed by atoms with E-state index in [0.29, 0.717) is 17.1 Å². The number of carbonyl (C=O) groups excluding carboxylic acids is 1. The molecular formula is C29H23F3N2O5. The maximum Gasteiger partial charge on any atom is 0.573 e. The summed E-state index contributed by atoms with van der Waals surface area (Å²) in [5.41, 5.74) is 1.03. The SMILES string of the molecule is CC(CO)(Cc1c[nH]c2ccccc12)NC(=O)c1cc(C#Cc2ccc3c(c2)OCO3)ccc1OC(F)(F)F. The minimum atomic E-state index is -5.01. The van der Waals surface area contributed by atoms with E-state index in [1.165, 1.54) is 12.1 Å². The Morgan fingerprint density at radius 2 is 1.77 bits per heavy atom.